The van der Waals surface area contributed by atoms with Crippen LogP contribution in [0.4, 0.5) is 5.69 Å². The fourth-order valence-corrected chi connectivity index (χ4v) is 4.90. The van der Waals surface area contributed by atoms with Gasteiger partial charge in [-0.3, -0.25) is 14.0 Å². The van der Waals surface area contributed by atoms with Crippen LogP contribution in [-0.4, -0.2) is 30.8 Å². The number of hydrogen-bond donors (Lipinski definition) is 1. The van der Waals surface area contributed by atoms with Crippen LogP contribution in [0.1, 0.15) is 30.9 Å². The zero-order valence-electron chi connectivity index (χ0n) is 19.7. The molecule has 0 saturated heterocycles. The second kappa shape index (κ2) is 9.68. The second-order valence-corrected chi connectivity index (χ2v) is 9.46. The van der Waals surface area contributed by atoms with Crippen molar-refractivity contribution >= 4 is 40.0 Å². The highest BCUT2D eigenvalue weighted by atomic mass is 32.2. The van der Waals surface area contributed by atoms with E-state index in [0.717, 1.165) is 11.3 Å². The topological polar surface area (TPSA) is 105 Å². The van der Waals surface area contributed by atoms with Gasteiger partial charge in [0.05, 0.1) is 34.0 Å². The minimum Gasteiger partial charge on any atom is -0.325 e. The molecule has 9 heteroatoms. The molecule has 0 fully saturated rings. The summed E-state index contributed by atoms with van der Waals surface area (Å²) in [4.78, 5) is 26.3. The Labute approximate surface area is 211 Å². The first-order valence-corrected chi connectivity index (χ1v) is 12.4. The van der Waals surface area contributed by atoms with Crippen molar-refractivity contribution in [3.8, 4) is 11.8 Å². The molecule has 0 radical (unpaired) electrons. The Bertz CT molecular complexity index is 1710. The highest BCUT2D eigenvalue weighted by molar-refractivity contribution is 7.99. The van der Waals surface area contributed by atoms with Crippen molar-refractivity contribution in [2.24, 2.45) is 0 Å². The number of rotatable bonds is 6. The van der Waals surface area contributed by atoms with Crippen LogP contribution in [-0.2, 0) is 4.79 Å². The summed E-state index contributed by atoms with van der Waals surface area (Å²) in [6.45, 7) is 4.16. The smallest absolute Gasteiger partial charge is 0.267 e. The monoisotopic (exact) mass is 494 g/mol. The molecule has 2 heterocycles. The van der Waals surface area contributed by atoms with Crippen molar-refractivity contribution in [1.82, 2.24) is 19.2 Å². The first kappa shape index (κ1) is 23.3. The van der Waals surface area contributed by atoms with E-state index in [1.165, 1.54) is 11.8 Å². The Morgan fingerprint density at radius 1 is 1.06 bits per heavy atom. The third-order valence-electron chi connectivity index (χ3n) is 5.80. The van der Waals surface area contributed by atoms with Crippen molar-refractivity contribution in [3.63, 3.8) is 0 Å². The third kappa shape index (κ3) is 4.23. The molecule has 178 valence electrons. The number of anilines is 1. The standard InChI is InChI=1S/C27H22N6O2S/c1-17(2)20-10-3-5-12-22(20)32-25(35)21-11-4-6-13-23(21)33-26(32)30-31-27(33)36-16-24(34)29-19-9-7-8-18(14-19)15-28/h3-14,17H,16H2,1-2H3,(H,29,34). The molecule has 0 bridgehead atoms. The van der Waals surface area contributed by atoms with Gasteiger partial charge in [0.1, 0.15) is 0 Å². The SMILES string of the molecule is CC(C)c1ccccc1-n1c(=O)c2ccccc2n2c(SCC(=O)Nc3cccc(C#N)c3)nnc12. The van der Waals surface area contributed by atoms with Crippen molar-refractivity contribution in [3.05, 3.63) is 94.3 Å². The van der Waals surface area contributed by atoms with E-state index in [0.29, 0.717) is 33.1 Å². The van der Waals surface area contributed by atoms with Crippen molar-refractivity contribution in [1.29, 1.82) is 5.26 Å². The van der Waals surface area contributed by atoms with E-state index in [1.54, 1.807) is 34.9 Å². The molecule has 0 spiro atoms. The van der Waals surface area contributed by atoms with Crippen molar-refractivity contribution < 1.29 is 4.79 Å². The van der Waals surface area contributed by atoms with Crippen LogP contribution in [0.25, 0.3) is 22.4 Å². The van der Waals surface area contributed by atoms with Crippen LogP contribution in [0.2, 0.25) is 0 Å². The summed E-state index contributed by atoms with van der Waals surface area (Å²) >= 11 is 1.23. The summed E-state index contributed by atoms with van der Waals surface area (Å²) in [6, 6.07) is 23.9. The highest BCUT2D eigenvalue weighted by Gasteiger charge is 2.20. The fourth-order valence-electron chi connectivity index (χ4n) is 4.16. The maximum atomic E-state index is 13.6. The Morgan fingerprint density at radius 2 is 1.83 bits per heavy atom. The van der Waals surface area contributed by atoms with Crippen molar-refractivity contribution in [2.45, 2.75) is 24.9 Å². The minimum atomic E-state index is -0.241. The highest BCUT2D eigenvalue weighted by Crippen LogP contribution is 2.27. The average molecular weight is 495 g/mol. The molecule has 3 aromatic carbocycles. The van der Waals surface area contributed by atoms with E-state index in [9.17, 15) is 9.59 Å². The number of hydrogen-bond acceptors (Lipinski definition) is 6. The Kier molecular flexibility index (Phi) is 6.27. The van der Waals surface area contributed by atoms with Crippen LogP contribution in [0.15, 0.2) is 82.7 Å². The van der Waals surface area contributed by atoms with E-state index >= 15 is 0 Å². The zero-order valence-corrected chi connectivity index (χ0v) is 20.5. The number of carbonyl (C=O) groups excluding carboxylic acids is 1. The first-order chi connectivity index (χ1) is 17.5. The normalized spacial score (nSPS) is 11.2. The summed E-state index contributed by atoms with van der Waals surface area (Å²) < 4.78 is 3.42. The van der Waals surface area contributed by atoms with Gasteiger partial charge in [0.15, 0.2) is 5.16 Å². The largest absolute Gasteiger partial charge is 0.325 e. The summed E-state index contributed by atoms with van der Waals surface area (Å²) in [7, 11) is 0. The van der Waals surface area contributed by atoms with Gasteiger partial charge in [0.2, 0.25) is 11.7 Å². The Morgan fingerprint density at radius 3 is 2.64 bits per heavy atom. The van der Waals surface area contributed by atoms with Gasteiger partial charge >= 0.3 is 0 Å². The lowest BCUT2D eigenvalue weighted by atomic mass is 10.0. The average Bonchev–Trinajstić information content (AvgIpc) is 3.31. The van der Waals surface area contributed by atoms with E-state index in [-0.39, 0.29) is 23.1 Å². The maximum Gasteiger partial charge on any atom is 0.267 e. The summed E-state index contributed by atoms with van der Waals surface area (Å²) in [5.41, 5.74) is 3.29. The lowest BCUT2D eigenvalue weighted by Crippen LogP contribution is -2.23. The van der Waals surface area contributed by atoms with Gasteiger partial charge in [-0.15, -0.1) is 10.2 Å². The molecule has 0 unspecified atom stereocenters. The number of aromatic nitrogens is 4. The third-order valence-corrected chi connectivity index (χ3v) is 6.73. The van der Waals surface area contributed by atoms with Crippen LogP contribution in [0.5, 0.6) is 0 Å². The molecule has 8 nitrogen and oxygen atoms in total. The van der Waals surface area contributed by atoms with E-state index in [2.05, 4.69) is 35.4 Å². The maximum absolute atomic E-state index is 13.6. The molecular formula is C27H22N6O2S. The van der Waals surface area contributed by atoms with Gasteiger partial charge in [-0.05, 0) is 47.9 Å². The first-order valence-electron chi connectivity index (χ1n) is 11.4. The quantitative estimate of drug-likeness (QED) is 0.341. The van der Waals surface area contributed by atoms with Crippen LogP contribution in [0.3, 0.4) is 0 Å². The second-order valence-electron chi connectivity index (χ2n) is 8.52. The van der Waals surface area contributed by atoms with Gasteiger partial charge in [-0.1, -0.05) is 62.0 Å². The number of carbonyl (C=O) groups is 1. The van der Waals surface area contributed by atoms with Crippen LogP contribution < -0.4 is 10.9 Å². The van der Waals surface area contributed by atoms with Gasteiger partial charge in [0, 0.05) is 5.69 Å². The molecule has 0 aliphatic rings. The van der Waals surface area contributed by atoms with Crippen LogP contribution >= 0.6 is 11.8 Å². The Balaban J connectivity index is 1.57. The lowest BCUT2D eigenvalue weighted by Gasteiger charge is -2.16. The van der Waals surface area contributed by atoms with Gasteiger partial charge in [-0.25, -0.2) is 4.57 Å². The molecule has 1 amide bonds. The molecule has 1 N–H and O–H groups in total. The molecule has 2 aromatic heterocycles. The predicted octanol–water partition coefficient (Wildman–Crippen LogP) is 4.76. The molecule has 0 atom stereocenters. The summed E-state index contributed by atoms with van der Waals surface area (Å²) in [5.74, 6) is 0.416. The molecular weight excluding hydrogens is 472 g/mol. The number of nitriles is 1. The number of fused-ring (bicyclic) bond motifs is 3. The number of thioether (sulfide) groups is 1. The van der Waals surface area contributed by atoms with Gasteiger partial charge in [0.25, 0.3) is 5.56 Å². The molecule has 5 aromatic rings. The predicted molar refractivity (Wildman–Crippen MR) is 141 cm³/mol. The number of benzene rings is 3. The van der Waals surface area contributed by atoms with E-state index < -0.39 is 0 Å². The Hall–Kier alpha value is -4.42. The molecule has 0 saturated carbocycles. The lowest BCUT2D eigenvalue weighted by molar-refractivity contribution is -0.113. The summed E-state index contributed by atoms with van der Waals surface area (Å²) in [5, 5.41) is 21.6. The molecule has 36 heavy (non-hydrogen) atoms. The minimum absolute atomic E-state index is 0.0770. The van der Waals surface area contributed by atoms with Crippen LogP contribution in [0, 0.1) is 11.3 Å². The van der Waals surface area contributed by atoms with E-state index in [4.69, 9.17) is 5.26 Å². The fraction of sp³-hybridized carbons (Fsp3) is 0.148. The number of nitrogens with zero attached hydrogens (tertiary/aromatic N) is 5. The van der Waals surface area contributed by atoms with Crippen molar-refractivity contribution in [2.75, 3.05) is 11.1 Å². The molecule has 0 aliphatic heterocycles. The number of nitrogens with one attached hydrogen (secondary N) is 1. The van der Waals surface area contributed by atoms with Gasteiger partial charge in [-0.2, -0.15) is 5.26 Å². The molecule has 5 rings (SSSR count). The number of para-hydroxylation sites is 2. The zero-order chi connectivity index (χ0) is 25.2. The van der Waals surface area contributed by atoms with Gasteiger partial charge < -0.3 is 5.32 Å². The molecule has 0 aliphatic carbocycles. The number of amides is 1. The van der Waals surface area contributed by atoms with E-state index in [1.807, 2.05) is 46.9 Å². The summed E-state index contributed by atoms with van der Waals surface area (Å²) in [6.07, 6.45) is 0.